The van der Waals surface area contributed by atoms with Gasteiger partial charge < -0.3 is 5.11 Å². The summed E-state index contributed by atoms with van der Waals surface area (Å²) >= 11 is 0. The third-order valence-corrected chi connectivity index (χ3v) is 7.65. The van der Waals surface area contributed by atoms with Crippen LogP contribution in [0.3, 0.4) is 0 Å². The van der Waals surface area contributed by atoms with Crippen LogP contribution in [0.15, 0.2) is 103 Å². The molecule has 0 saturated heterocycles. The van der Waals surface area contributed by atoms with Crippen molar-refractivity contribution in [1.29, 1.82) is 0 Å². The van der Waals surface area contributed by atoms with Crippen LogP contribution in [0.4, 0.5) is 0 Å². The maximum absolute atomic E-state index is 10.4. The molecule has 0 spiro atoms. The summed E-state index contributed by atoms with van der Waals surface area (Å²) in [4.78, 5) is 5.20. The lowest BCUT2D eigenvalue weighted by Crippen LogP contribution is -2.13. The molecule has 6 aromatic rings. The lowest BCUT2D eigenvalue weighted by Gasteiger charge is -2.27. The Morgan fingerprint density at radius 1 is 0.629 bits per heavy atom. The van der Waals surface area contributed by atoms with Gasteiger partial charge in [0.15, 0.2) is 0 Å². The van der Waals surface area contributed by atoms with E-state index in [0.29, 0.717) is 5.75 Å². The minimum atomic E-state index is 0.279. The summed E-state index contributed by atoms with van der Waals surface area (Å²) in [5.74, 6) is 0.575. The van der Waals surface area contributed by atoms with E-state index in [9.17, 15) is 5.11 Å². The van der Waals surface area contributed by atoms with Crippen molar-refractivity contribution in [3.05, 3.63) is 120 Å². The van der Waals surface area contributed by atoms with E-state index in [1.807, 2.05) is 24.3 Å². The fourth-order valence-electron chi connectivity index (χ4n) is 6.02. The van der Waals surface area contributed by atoms with Crippen LogP contribution < -0.4 is 0 Å². The van der Waals surface area contributed by atoms with Gasteiger partial charge in [0.1, 0.15) is 5.75 Å². The summed E-state index contributed by atoms with van der Waals surface area (Å²) in [6, 6.07) is 36.0. The minimum Gasteiger partial charge on any atom is -0.507 e. The summed E-state index contributed by atoms with van der Waals surface area (Å²) in [5.41, 5.74) is 6.86. The second-order valence-electron chi connectivity index (χ2n) is 9.59. The van der Waals surface area contributed by atoms with Gasteiger partial charge in [0.05, 0.1) is 5.52 Å². The zero-order valence-corrected chi connectivity index (χ0v) is 19.4. The van der Waals surface area contributed by atoms with E-state index in [-0.39, 0.29) is 5.92 Å². The molecule has 1 aliphatic carbocycles. The highest BCUT2D eigenvalue weighted by Gasteiger charge is 2.26. The van der Waals surface area contributed by atoms with Gasteiger partial charge in [-0.25, -0.2) is 0 Å². The van der Waals surface area contributed by atoms with Gasteiger partial charge in [-0.15, -0.1) is 0 Å². The van der Waals surface area contributed by atoms with Gasteiger partial charge in [-0.1, -0.05) is 84.9 Å². The van der Waals surface area contributed by atoms with Crippen molar-refractivity contribution in [3.63, 3.8) is 0 Å². The van der Waals surface area contributed by atoms with Crippen LogP contribution in [-0.4, -0.2) is 10.1 Å². The zero-order chi connectivity index (χ0) is 23.4. The molecule has 0 saturated carbocycles. The third-order valence-electron chi connectivity index (χ3n) is 7.65. The average molecular weight is 452 g/mol. The number of aromatic nitrogens is 1. The van der Waals surface area contributed by atoms with E-state index < -0.39 is 0 Å². The first-order valence-electron chi connectivity index (χ1n) is 12.4. The number of nitrogens with zero attached hydrogens (tertiary/aromatic N) is 1. The predicted octanol–water partition coefficient (Wildman–Crippen LogP) is 8.38. The van der Waals surface area contributed by atoms with Crippen LogP contribution in [0.5, 0.6) is 5.75 Å². The molecule has 168 valence electrons. The van der Waals surface area contributed by atoms with Gasteiger partial charge >= 0.3 is 0 Å². The number of benzene rings is 5. The number of hydrogen-bond donors (Lipinski definition) is 1. The highest BCUT2D eigenvalue weighted by atomic mass is 16.3. The number of phenols is 1. The number of hydrogen-bond acceptors (Lipinski definition) is 2. The standard InChI is InChI=1S/C33H25NO/c35-32-14-4-3-10-27(32)24-11-6-13-30-26(24)19-20-31(34-30)29-12-5-8-22-16-17-25-23-9-2-1-7-21(23)15-18-28(25)33(22)29/h1-4,6-7,9-11,13-20,29,35H,5,8,12H2. The van der Waals surface area contributed by atoms with E-state index in [1.54, 1.807) is 6.07 Å². The van der Waals surface area contributed by atoms with Gasteiger partial charge in [-0.2, -0.15) is 0 Å². The Bertz CT molecular complexity index is 1750. The van der Waals surface area contributed by atoms with E-state index in [2.05, 4.69) is 72.8 Å². The molecule has 2 heteroatoms. The Labute approximate surface area is 204 Å². The van der Waals surface area contributed by atoms with Crippen molar-refractivity contribution in [2.24, 2.45) is 0 Å². The largest absolute Gasteiger partial charge is 0.507 e. The van der Waals surface area contributed by atoms with Crippen LogP contribution in [-0.2, 0) is 6.42 Å². The molecule has 1 unspecified atom stereocenters. The summed E-state index contributed by atoms with van der Waals surface area (Å²) in [6.45, 7) is 0. The molecular weight excluding hydrogens is 426 g/mol. The van der Waals surface area contributed by atoms with Crippen LogP contribution >= 0.6 is 0 Å². The van der Waals surface area contributed by atoms with Crippen molar-refractivity contribution >= 4 is 32.4 Å². The van der Waals surface area contributed by atoms with Gasteiger partial charge in [-0.3, -0.25) is 4.98 Å². The lowest BCUT2D eigenvalue weighted by atomic mass is 9.77. The number of fused-ring (bicyclic) bond motifs is 6. The molecule has 0 bridgehead atoms. The zero-order valence-electron chi connectivity index (χ0n) is 19.4. The molecule has 1 heterocycles. The number of pyridine rings is 1. The second-order valence-corrected chi connectivity index (χ2v) is 9.59. The Kier molecular flexibility index (Phi) is 4.60. The number of para-hydroxylation sites is 1. The SMILES string of the molecule is Oc1ccccc1-c1cccc2nc(C3CCCc4ccc5c(ccc6ccccc65)c43)ccc12. The van der Waals surface area contributed by atoms with E-state index in [0.717, 1.165) is 40.6 Å². The fourth-order valence-corrected chi connectivity index (χ4v) is 6.02. The molecule has 7 rings (SSSR count). The Balaban J connectivity index is 1.41. The van der Waals surface area contributed by atoms with Crippen molar-refractivity contribution in [1.82, 2.24) is 4.98 Å². The quantitative estimate of drug-likeness (QED) is 0.268. The van der Waals surface area contributed by atoms with Crippen LogP contribution in [0.25, 0.3) is 43.6 Å². The maximum Gasteiger partial charge on any atom is 0.123 e. The predicted molar refractivity (Wildman–Crippen MR) is 145 cm³/mol. The topological polar surface area (TPSA) is 33.1 Å². The normalized spacial score (nSPS) is 15.5. The summed E-state index contributed by atoms with van der Waals surface area (Å²) in [7, 11) is 0. The van der Waals surface area contributed by atoms with Gasteiger partial charge in [0.2, 0.25) is 0 Å². The van der Waals surface area contributed by atoms with E-state index in [1.165, 1.54) is 39.1 Å². The average Bonchev–Trinajstić information content (AvgIpc) is 2.92. The molecule has 1 atom stereocenters. The van der Waals surface area contributed by atoms with Crippen LogP contribution in [0.1, 0.15) is 35.6 Å². The number of phenolic OH excluding ortho intramolecular Hbond substituents is 1. The first-order chi connectivity index (χ1) is 17.3. The van der Waals surface area contributed by atoms with Crippen molar-refractivity contribution < 1.29 is 5.11 Å². The third kappa shape index (κ3) is 3.21. The molecule has 0 amide bonds. The number of aryl methyl sites for hydroxylation is 1. The number of rotatable bonds is 2. The smallest absolute Gasteiger partial charge is 0.123 e. The molecule has 0 fully saturated rings. The first-order valence-corrected chi connectivity index (χ1v) is 12.4. The molecule has 35 heavy (non-hydrogen) atoms. The minimum absolute atomic E-state index is 0.279. The highest BCUT2D eigenvalue weighted by molar-refractivity contribution is 6.09. The Morgan fingerprint density at radius 2 is 1.43 bits per heavy atom. The summed E-state index contributed by atoms with van der Waals surface area (Å²) in [5, 5.41) is 16.8. The van der Waals surface area contributed by atoms with E-state index in [4.69, 9.17) is 4.98 Å². The van der Waals surface area contributed by atoms with Crippen molar-refractivity contribution in [2.75, 3.05) is 0 Å². The Hall–Kier alpha value is -4.17. The molecule has 2 nitrogen and oxygen atoms in total. The molecule has 1 aliphatic rings. The van der Waals surface area contributed by atoms with Crippen molar-refractivity contribution in [2.45, 2.75) is 25.2 Å². The van der Waals surface area contributed by atoms with Crippen LogP contribution in [0.2, 0.25) is 0 Å². The summed E-state index contributed by atoms with van der Waals surface area (Å²) in [6.07, 6.45) is 3.41. The fraction of sp³-hybridized carbons (Fsp3) is 0.121. The summed E-state index contributed by atoms with van der Waals surface area (Å²) < 4.78 is 0. The maximum atomic E-state index is 10.4. The number of aromatic hydroxyl groups is 1. The van der Waals surface area contributed by atoms with E-state index >= 15 is 0 Å². The molecule has 5 aromatic carbocycles. The molecule has 0 radical (unpaired) electrons. The highest BCUT2D eigenvalue weighted by Crippen LogP contribution is 2.43. The first kappa shape index (κ1) is 20.2. The molecular formula is C33H25NO. The van der Waals surface area contributed by atoms with Gasteiger partial charge in [-0.05, 0) is 75.7 Å². The van der Waals surface area contributed by atoms with Crippen molar-refractivity contribution in [3.8, 4) is 16.9 Å². The molecule has 1 aromatic heterocycles. The molecule has 0 aliphatic heterocycles. The van der Waals surface area contributed by atoms with Crippen LogP contribution in [0, 0.1) is 0 Å². The second kappa shape index (κ2) is 7.95. The lowest BCUT2D eigenvalue weighted by molar-refractivity contribution is 0.477. The Morgan fingerprint density at radius 3 is 2.37 bits per heavy atom. The molecule has 1 N–H and O–H groups in total. The van der Waals surface area contributed by atoms with Gasteiger partial charge in [0.25, 0.3) is 0 Å². The van der Waals surface area contributed by atoms with Gasteiger partial charge in [0, 0.05) is 22.6 Å². The monoisotopic (exact) mass is 451 g/mol.